The van der Waals surface area contributed by atoms with Crippen molar-refractivity contribution < 1.29 is 0 Å². The highest BCUT2D eigenvalue weighted by atomic mass is 14.9. The van der Waals surface area contributed by atoms with Crippen LogP contribution < -0.4 is 5.73 Å². The molecule has 1 aromatic heterocycles. The zero-order valence-electron chi connectivity index (χ0n) is 8.09. The van der Waals surface area contributed by atoms with Gasteiger partial charge in [-0.2, -0.15) is 0 Å². The first kappa shape index (κ1) is 7.63. The molecule has 0 bridgehead atoms. The van der Waals surface area contributed by atoms with Crippen LogP contribution in [0.25, 0.3) is 0 Å². The van der Waals surface area contributed by atoms with Crippen molar-refractivity contribution in [3.8, 4) is 0 Å². The summed E-state index contributed by atoms with van der Waals surface area (Å²) in [5.41, 5.74) is 9.68. The normalized spacial score (nSPS) is 28.9. The van der Waals surface area contributed by atoms with E-state index in [4.69, 9.17) is 5.73 Å². The van der Waals surface area contributed by atoms with Crippen LogP contribution in [0.4, 0.5) is 0 Å². The van der Waals surface area contributed by atoms with Gasteiger partial charge >= 0.3 is 0 Å². The number of aryl methyl sites for hydroxylation is 2. The molecule has 2 aliphatic rings. The minimum atomic E-state index is 0.317. The quantitative estimate of drug-likeness (QED) is 0.641. The van der Waals surface area contributed by atoms with Gasteiger partial charge in [-0.05, 0) is 42.2 Å². The van der Waals surface area contributed by atoms with Crippen molar-refractivity contribution in [3.63, 3.8) is 0 Å². The van der Waals surface area contributed by atoms with Crippen LogP contribution in [0, 0.1) is 5.41 Å². The van der Waals surface area contributed by atoms with E-state index in [9.17, 15) is 0 Å². The number of rotatable bonds is 0. The van der Waals surface area contributed by atoms with E-state index < -0.39 is 0 Å². The number of hydrogen-bond acceptors (Lipinski definition) is 1. The molecule has 0 aliphatic heterocycles. The summed E-state index contributed by atoms with van der Waals surface area (Å²) in [6.07, 6.45) is 9.68. The van der Waals surface area contributed by atoms with Gasteiger partial charge in [-0.1, -0.05) is 0 Å². The van der Waals surface area contributed by atoms with Gasteiger partial charge in [-0.3, -0.25) is 0 Å². The molecule has 1 heterocycles. The number of nitrogens with two attached hydrogens (primary N) is 1. The van der Waals surface area contributed by atoms with E-state index in [2.05, 4.69) is 24.0 Å². The summed E-state index contributed by atoms with van der Waals surface area (Å²) >= 11 is 0. The average Bonchev–Trinajstić information content (AvgIpc) is 2.78. The second kappa shape index (κ2) is 2.18. The highest BCUT2D eigenvalue weighted by molar-refractivity contribution is 5.34. The lowest BCUT2D eigenvalue weighted by Crippen LogP contribution is -2.27. The predicted molar refractivity (Wildman–Crippen MR) is 52.3 cm³/mol. The van der Waals surface area contributed by atoms with Crippen molar-refractivity contribution in [1.29, 1.82) is 0 Å². The lowest BCUT2D eigenvalue weighted by Gasteiger charge is -2.28. The van der Waals surface area contributed by atoms with E-state index in [1.807, 2.05) is 0 Å². The Balaban J connectivity index is 2.07. The van der Waals surface area contributed by atoms with Crippen molar-refractivity contribution in [2.24, 2.45) is 18.2 Å². The average molecular weight is 176 g/mol. The van der Waals surface area contributed by atoms with Crippen LogP contribution in [0.15, 0.2) is 12.4 Å². The van der Waals surface area contributed by atoms with Crippen LogP contribution in [0.5, 0.6) is 0 Å². The fourth-order valence-corrected chi connectivity index (χ4v) is 2.74. The molecule has 0 saturated heterocycles. The lowest BCUT2D eigenvalue weighted by atomic mass is 9.80. The molecule has 1 atom stereocenters. The molecule has 0 radical (unpaired) electrons. The van der Waals surface area contributed by atoms with Gasteiger partial charge in [-0.15, -0.1) is 0 Å². The van der Waals surface area contributed by atoms with Gasteiger partial charge in [0, 0.05) is 25.5 Å². The predicted octanol–water partition coefficient (Wildman–Crippen LogP) is 1.75. The number of aromatic nitrogens is 1. The first-order valence-corrected chi connectivity index (χ1v) is 5.12. The van der Waals surface area contributed by atoms with E-state index in [0.717, 1.165) is 0 Å². The van der Waals surface area contributed by atoms with Crippen molar-refractivity contribution in [1.82, 2.24) is 4.57 Å². The van der Waals surface area contributed by atoms with E-state index in [1.54, 1.807) is 0 Å². The molecule has 2 nitrogen and oxygen atoms in total. The third kappa shape index (κ3) is 0.923. The fraction of sp³-hybridized carbons (Fsp3) is 0.636. The summed E-state index contributed by atoms with van der Waals surface area (Å²) in [6.45, 7) is 0. The van der Waals surface area contributed by atoms with Gasteiger partial charge in [0.2, 0.25) is 0 Å². The van der Waals surface area contributed by atoms with Gasteiger partial charge in [0.05, 0.1) is 0 Å². The van der Waals surface area contributed by atoms with Crippen LogP contribution in [-0.4, -0.2) is 4.57 Å². The maximum Gasteiger partial charge on any atom is 0.0370 e. The van der Waals surface area contributed by atoms with Crippen LogP contribution in [0.1, 0.15) is 36.4 Å². The van der Waals surface area contributed by atoms with E-state index in [-0.39, 0.29) is 0 Å². The molecular weight excluding hydrogens is 160 g/mol. The molecule has 70 valence electrons. The van der Waals surface area contributed by atoms with Crippen LogP contribution in [0.2, 0.25) is 0 Å². The molecule has 2 N–H and O–H groups in total. The first-order valence-electron chi connectivity index (χ1n) is 5.12. The van der Waals surface area contributed by atoms with Gasteiger partial charge in [0.15, 0.2) is 0 Å². The van der Waals surface area contributed by atoms with E-state index in [0.29, 0.717) is 11.5 Å². The van der Waals surface area contributed by atoms with Gasteiger partial charge < -0.3 is 10.3 Å². The third-order valence-electron chi connectivity index (χ3n) is 3.85. The smallest absolute Gasteiger partial charge is 0.0370 e. The van der Waals surface area contributed by atoms with Gasteiger partial charge in [0.1, 0.15) is 0 Å². The minimum absolute atomic E-state index is 0.317. The largest absolute Gasteiger partial charge is 0.357 e. The first-order chi connectivity index (χ1) is 6.21. The number of hydrogen-bond donors (Lipinski definition) is 1. The summed E-state index contributed by atoms with van der Waals surface area (Å²) in [5, 5.41) is 0. The molecule has 1 saturated carbocycles. The van der Waals surface area contributed by atoms with Gasteiger partial charge in [0.25, 0.3) is 0 Å². The van der Waals surface area contributed by atoms with E-state index in [1.165, 1.54) is 36.8 Å². The molecule has 1 aromatic rings. The standard InChI is InChI=1S/C11H16N2/c1-13-6-8-2-3-11(4-5-11)10(12)9(8)7-13/h6-7,10H,2-5,12H2,1H3. The molecule has 0 aromatic carbocycles. The molecule has 13 heavy (non-hydrogen) atoms. The topological polar surface area (TPSA) is 30.9 Å². The second-order valence-electron chi connectivity index (χ2n) is 4.74. The van der Waals surface area contributed by atoms with Crippen LogP contribution >= 0.6 is 0 Å². The molecule has 2 aliphatic carbocycles. The zero-order chi connectivity index (χ0) is 9.05. The van der Waals surface area contributed by atoms with Crippen molar-refractivity contribution in [2.75, 3.05) is 0 Å². The molecule has 1 spiro atoms. The summed E-state index contributed by atoms with van der Waals surface area (Å²) < 4.78 is 2.14. The molecule has 2 heteroatoms. The number of nitrogens with zero attached hydrogens (tertiary/aromatic N) is 1. The summed E-state index contributed by atoms with van der Waals surface area (Å²) in [4.78, 5) is 0. The monoisotopic (exact) mass is 176 g/mol. The molecule has 0 amide bonds. The lowest BCUT2D eigenvalue weighted by molar-refractivity contribution is 0.355. The molecule has 1 fully saturated rings. The Morgan fingerprint density at radius 2 is 2.15 bits per heavy atom. The summed E-state index contributed by atoms with van der Waals surface area (Å²) in [7, 11) is 2.09. The second-order valence-corrected chi connectivity index (χ2v) is 4.74. The van der Waals surface area contributed by atoms with Crippen LogP contribution in [-0.2, 0) is 13.5 Å². The fourth-order valence-electron chi connectivity index (χ4n) is 2.74. The molecule has 1 unspecified atom stereocenters. The van der Waals surface area contributed by atoms with Crippen molar-refractivity contribution >= 4 is 0 Å². The Kier molecular flexibility index (Phi) is 1.28. The maximum atomic E-state index is 6.29. The van der Waals surface area contributed by atoms with Crippen LogP contribution in [0.3, 0.4) is 0 Å². The Labute approximate surface area is 78.7 Å². The Morgan fingerprint density at radius 1 is 1.38 bits per heavy atom. The molecule has 3 rings (SSSR count). The van der Waals surface area contributed by atoms with Crippen molar-refractivity contribution in [3.05, 3.63) is 23.5 Å². The highest BCUT2D eigenvalue weighted by Gasteiger charge is 2.50. The van der Waals surface area contributed by atoms with E-state index >= 15 is 0 Å². The Hall–Kier alpha value is -0.760. The summed E-state index contributed by atoms with van der Waals surface area (Å²) in [5.74, 6) is 0. The Bertz CT molecular complexity index is 347. The SMILES string of the molecule is Cn1cc2c(c1)C(N)C1(CC2)CC1. The highest BCUT2D eigenvalue weighted by Crippen LogP contribution is 2.59. The molecular formula is C11H16N2. The number of fused-ring (bicyclic) bond motifs is 1. The minimum Gasteiger partial charge on any atom is -0.357 e. The Morgan fingerprint density at radius 3 is 2.85 bits per heavy atom. The van der Waals surface area contributed by atoms with Gasteiger partial charge in [-0.25, -0.2) is 0 Å². The maximum absolute atomic E-state index is 6.29. The zero-order valence-corrected chi connectivity index (χ0v) is 8.09. The van der Waals surface area contributed by atoms with Crippen molar-refractivity contribution in [2.45, 2.75) is 31.7 Å². The third-order valence-corrected chi connectivity index (χ3v) is 3.85. The summed E-state index contributed by atoms with van der Waals surface area (Å²) in [6, 6.07) is 0.317.